The molecule has 0 aromatic heterocycles. The zero-order valence-corrected chi connectivity index (χ0v) is 11.2. The van der Waals surface area contributed by atoms with E-state index >= 15 is 0 Å². The van der Waals surface area contributed by atoms with Crippen LogP contribution in [-0.2, 0) is 21.7 Å². The molecule has 11 heavy (non-hydrogen) atoms. The zero-order chi connectivity index (χ0) is 5.98. The summed E-state index contributed by atoms with van der Waals surface area (Å²) >= 11 is 0. The molecule has 0 aromatic rings. The average Bonchev–Trinajstić information content (AvgIpc) is 2.12. The first-order valence-electron chi connectivity index (χ1n) is 3.16. The van der Waals surface area contributed by atoms with E-state index in [0.717, 1.165) is 0 Å². The molecule has 0 atom stereocenters. The number of allylic oxidation sites excluding steroid dienone is 4. The Morgan fingerprint density at radius 2 is 1.82 bits per heavy atom. The summed E-state index contributed by atoms with van der Waals surface area (Å²) in [6.45, 7) is 4.75. The summed E-state index contributed by atoms with van der Waals surface area (Å²) < 4.78 is 0. The van der Waals surface area contributed by atoms with Gasteiger partial charge in [-0.3, -0.25) is 0 Å². The summed E-state index contributed by atoms with van der Waals surface area (Å²) in [4.78, 5) is 0. The Bertz CT molecular complexity index is 143. The molecule has 0 saturated carbocycles. The molecular weight excluding hydrogens is 231 g/mol. The van der Waals surface area contributed by atoms with Gasteiger partial charge in [0.15, 0.2) is 0 Å². The van der Waals surface area contributed by atoms with Gasteiger partial charge in [0.1, 0.15) is 0 Å². The molecule has 0 nitrogen and oxygen atoms in total. The van der Waals surface area contributed by atoms with Gasteiger partial charge in [-0.15, -0.1) is 24.8 Å². The maximum Gasteiger partial charge on any atom is 0.0599 e. The van der Waals surface area contributed by atoms with Crippen molar-refractivity contribution in [1.29, 1.82) is 0 Å². The summed E-state index contributed by atoms with van der Waals surface area (Å²) in [5.74, 6) is 0. The van der Waals surface area contributed by atoms with E-state index in [-0.39, 0.29) is 46.5 Å². The molecule has 0 spiro atoms. The van der Waals surface area contributed by atoms with Crippen LogP contribution in [-0.4, -0.2) is 8.80 Å². The van der Waals surface area contributed by atoms with Gasteiger partial charge in [-0.25, -0.2) is 0 Å². The van der Waals surface area contributed by atoms with Crippen LogP contribution in [0.15, 0.2) is 23.4 Å². The maximum absolute atomic E-state index is 2.37. The second-order valence-corrected chi connectivity index (χ2v) is 5.58. The molecule has 0 unspecified atom stereocenters. The van der Waals surface area contributed by atoms with Gasteiger partial charge in [0.25, 0.3) is 0 Å². The molecule has 0 aromatic carbocycles. The minimum Gasteiger partial charge on any atom is -0.147 e. The fourth-order valence-corrected chi connectivity index (χ4v) is 2.00. The van der Waals surface area contributed by atoms with Gasteiger partial charge < -0.3 is 0 Å². The minimum atomic E-state index is -0.424. The predicted octanol–water partition coefficient (Wildman–Crippen LogP) is 2.74. The van der Waals surface area contributed by atoms with Crippen molar-refractivity contribution in [2.45, 2.75) is 19.5 Å². The summed E-state index contributed by atoms with van der Waals surface area (Å²) in [7, 11) is -0.424. The summed E-state index contributed by atoms with van der Waals surface area (Å²) in [5, 5.41) is 1.70. The number of halogens is 2. The van der Waals surface area contributed by atoms with Crippen molar-refractivity contribution in [3.05, 3.63) is 23.4 Å². The van der Waals surface area contributed by atoms with Crippen molar-refractivity contribution in [3.63, 3.8) is 0 Å². The monoisotopic (exact) mass is 244 g/mol. The fourth-order valence-electron chi connectivity index (χ4n) is 0.892. The molecule has 1 rings (SSSR count). The number of hydrogen-bond acceptors (Lipinski definition) is 0. The fraction of sp³-hybridized carbons (Fsp3) is 0.429. The first-order valence-corrected chi connectivity index (χ1v) is 6.05. The molecule has 0 N–H and O–H groups in total. The van der Waals surface area contributed by atoms with Gasteiger partial charge in [0.05, 0.1) is 8.80 Å². The van der Waals surface area contributed by atoms with Crippen LogP contribution in [0.2, 0.25) is 13.1 Å². The van der Waals surface area contributed by atoms with E-state index in [1.165, 1.54) is 6.42 Å². The topological polar surface area (TPSA) is 0 Å². The van der Waals surface area contributed by atoms with Crippen LogP contribution in [0.5, 0.6) is 0 Å². The summed E-state index contributed by atoms with van der Waals surface area (Å²) in [6, 6.07) is 0. The Morgan fingerprint density at radius 3 is 2.00 bits per heavy atom. The normalized spacial score (nSPS) is 12.8. The molecule has 0 radical (unpaired) electrons. The van der Waals surface area contributed by atoms with Gasteiger partial charge in [0, 0.05) is 21.7 Å². The molecule has 1 aliphatic carbocycles. The number of hydrogen-bond donors (Lipinski definition) is 0. The van der Waals surface area contributed by atoms with Crippen LogP contribution in [0, 0.1) is 0 Å². The molecule has 0 saturated heterocycles. The summed E-state index contributed by atoms with van der Waals surface area (Å²) in [6.07, 6.45) is 7.92. The molecule has 0 amide bonds. The molecule has 64 valence electrons. The predicted molar refractivity (Wildman–Crippen MR) is 55.2 cm³/mol. The third-order valence-corrected chi connectivity index (χ3v) is 3.45. The first-order chi connectivity index (χ1) is 3.80. The van der Waals surface area contributed by atoms with Crippen LogP contribution in [0.1, 0.15) is 6.42 Å². The van der Waals surface area contributed by atoms with E-state index in [1.807, 2.05) is 0 Å². The van der Waals surface area contributed by atoms with Crippen LogP contribution >= 0.6 is 24.8 Å². The zero-order valence-electron chi connectivity index (χ0n) is 6.83. The van der Waals surface area contributed by atoms with Crippen molar-refractivity contribution < 1.29 is 21.7 Å². The average molecular weight is 245 g/mol. The smallest absolute Gasteiger partial charge is 0.0599 e. The molecule has 1 aliphatic rings. The molecule has 4 heteroatoms. The van der Waals surface area contributed by atoms with E-state index in [1.54, 1.807) is 5.20 Å². The van der Waals surface area contributed by atoms with Crippen molar-refractivity contribution in [1.82, 2.24) is 0 Å². The van der Waals surface area contributed by atoms with Crippen molar-refractivity contribution in [2.24, 2.45) is 0 Å². The summed E-state index contributed by atoms with van der Waals surface area (Å²) in [5.41, 5.74) is 0. The second-order valence-electron chi connectivity index (χ2n) is 2.53. The SMILES string of the molecule is C[SiH](C)C1=CC=CC1.Cl.Cl.[Ti]. The standard InChI is InChI=1S/C7H12Si.2ClH.Ti/c1-8(2)7-5-3-4-6-7;;;/h3-5,8H,6H2,1-2H3;2*1H;. The van der Waals surface area contributed by atoms with Gasteiger partial charge >= 0.3 is 0 Å². The first kappa shape index (κ1) is 17.9. The van der Waals surface area contributed by atoms with E-state index < -0.39 is 8.80 Å². The van der Waals surface area contributed by atoms with E-state index in [2.05, 4.69) is 31.3 Å². The third-order valence-electron chi connectivity index (χ3n) is 1.54. The Morgan fingerprint density at radius 1 is 1.27 bits per heavy atom. The van der Waals surface area contributed by atoms with Gasteiger partial charge in [-0.2, -0.15) is 0 Å². The molecule has 0 fully saturated rings. The Labute approximate surface area is 97.8 Å². The third kappa shape index (κ3) is 6.18. The van der Waals surface area contributed by atoms with Gasteiger partial charge in [-0.05, 0) is 6.42 Å². The molecule has 0 heterocycles. The van der Waals surface area contributed by atoms with E-state index in [9.17, 15) is 0 Å². The molecule has 0 bridgehead atoms. The van der Waals surface area contributed by atoms with E-state index in [0.29, 0.717) is 0 Å². The van der Waals surface area contributed by atoms with Crippen molar-refractivity contribution in [2.75, 3.05) is 0 Å². The largest absolute Gasteiger partial charge is 0.147 e. The van der Waals surface area contributed by atoms with Crippen LogP contribution in [0.25, 0.3) is 0 Å². The molecule has 0 aliphatic heterocycles. The maximum atomic E-state index is 2.37. The Hall–Kier alpha value is 0.991. The second kappa shape index (κ2) is 9.08. The van der Waals surface area contributed by atoms with Gasteiger partial charge in [0.2, 0.25) is 0 Å². The Kier molecular flexibility index (Phi) is 14.8. The van der Waals surface area contributed by atoms with Crippen molar-refractivity contribution in [3.8, 4) is 0 Å². The quantitative estimate of drug-likeness (QED) is 0.623. The van der Waals surface area contributed by atoms with Crippen molar-refractivity contribution >= 4 is 33.6 Å². The number of rotatable bonds is 1. The Balaban J connectivity index is -0.000000213. The van der Waals surface area contributed by atoms with Gasteiger partial charge in [-0.1, -0.05) is 36.5 Å². The minimum absolute atomic E-state index is 0. The van der Waals surface area contributed by atoms with Crippen LogP contribution < -0.4 is 0 Å². The van der Waals surface area contributed by atoms with E-state index in [4.69, 9.17) is 0 Å². The van der Waals surface area contributed by atoms with Crippen LogP contribution in [0.3, 0.4) is 0 Å². The van der Waals surface area contributed by atoms with Crippen LogP contribution in [0.4, 0.5) is 0 Å². The molecular formula is C7H14Cl2SiTi.